The van der Waals surface area contributed by atoms with E-state index in [4.69, 9.17) is 28.4 Å². The van der Waals surface area contributed by atoms with Gasteiger partial charge in [-0.15, -0.1) is 0 Å². The number of carboxylic acid groups (broad SMARTS) is 1. The number of aliphatic carboxylic acids is 1. The first-order valence-electron chi connectivity index (χ1n) is 14.5. The average molecular weight is 875 g/mol. The highest BCUT2D eigenvalue weighted by Gasteiger charge is 2.55. The summed E-state index contributed by atoms with van der Waals surface area (Å²) in [4.78, 5) is 12.1. The molecule has 3 aliphatic rings. The van der Waals surface area contributed by atoms with Crippen LogP contribution in [0, 0.1) is 0 Å². The van der Waals surface area contributed by atoms with E-state index < -0.39 is 166 Å². The minimum Gasteiger partial charge on any atom is -0.735 e. The molecule has 0 aromatic carbocycles. The molecule has 30 nitrogen and oxygen atoms in total. The zero-order valence-electron chi connectivity index (χ0n) is 26.4. The van der Waals surface area contributed by atoms with Crippen LogP contribution in [0.4, 0.5) is 0 Å². The maximum atomic E-state index is 12.1. The third-order valence-electron chi connectivity index (χ3n) is 7.51. The van der Waals surface area contributed by atoms with E-state index in [1.54, 1.807) is 0 Å². The van der Waals surface area contributed by atoms with Crippen LogP contribution in [-0.2, 0) is 78.7 Å². The van der Waals surface area contributed by atoms with E-state index in [2.05, 4.69) is 4.18 Å². The van der Waals surface area contributed by atoms with Crippen LogP contribution in [0.15, 0.2) is 0 Å². The molecule has 0 aromatic heterocycles. The second kappa shape index (κ2) is 18.4. The fraction of sp³-hybridized carbons (Fsp3) is 0.950. The van der Waals surface area contributed by atoms with Gasteiger partial charge in [-0.25, -0.2) is 47.8 Å². The molecule has 54 heavy (non-hydrogen) atoms. The predicted molar refractivity (Wildman–Crippen MR) is 150 cm³/mol. The molecule has 0 aliphatic carbocycles. The van der Waals surface area contributed by atoms with Crippen molar-refractivity contribution in [1.29, 1.82) is 0 Å². The molecule has 3 heterocycles. The van der Waals surface area contributed by atoms with Gasteiger partial charge in [0.25, 0.3) is 0 Å². The first-order chi connectivity index (χ1) is 24.6. The molecule has 0 radical (unpaired) electrons. The summed E-state index contributed by atoms with van der Waals surface area (Å²) in [6.45, 7) is -4.27. The number of carbonyl (C=O) groups is 1. The highest BCUT2D eigenvalue weighted by Crippen LogP contribution is 2.33. The lowest BCUT2D eigenvalue weighted by Crippen LogP contribution is -2.70. The van der Waals surface area contributed by atoms with E-state index in [0.29, 0.717) is 0 Å². The Hall–Kier alpha value is -1.53. The Morgan fingerprint density at radius 2 is 1.19 bits per heavy atom. The Balaban J connectivity index is 1.93. The summed E-state index contributed by atoms with van der Waals surface area (Å²) in [5.41, 5.74) is 0. The largest absolute Gasteiger partial charge is 0.735 e. The van der Waals surface area contributed by atoms with Crippen LogP contribution in [0.5, 0.6) is 0 Å². The zero-order chi connectivity index (χ0) is 41.1. The van der Waals surface area contributed by atoms with Gasteiger partial charge in [-0.3, -0.25) is 4.18 Å². The Labute approximate surface area is 304 Å². The van der Waals surface area contributed by atoms with Gasteiger partial charge in [-0.1, -0.05) is 0 Å². The molecule has 318 valence electrons. The number of nitrogens with one attached hydrogen (secondary N) is 3. The van der Waals surface area contributed by atoms with Crippen molar-refractivity contribution in [3.05, 3.63) is 0 Å². The normalized spacial score (nSPS) is 38.6. The minimum atomic E-state index is -5.61. The van der Waals surface area contributed by atoms with Crippen molar-refractivity contribution in [1.82, 2.24) is 14.2 Å². The van der Waals surface area contributed by atoms with Crippen LogP contribution in [0.2, 0.25) is 0 Å². The monoisotopic (exact) mass is 874 g/mol. The van der Waals surface area contributed by atoms with Crippen LogP contribution < -0.4 is 19.3 Å². The molecule has 0 saturated carbocycles. The van der Waals surface area contributed by atoms with Gasteiger partial charge in [0.05, 0.1) is 25.8 Å². The van der Waals surface area contributed by atoms with Gasteiger partial charge in [0.1, 0.15) is 73.1 Å². The van der Waals surface area contributed by atoms with Gasteiger partial charge in [0.2, 0.25) is 10.4 Å². The Morgan fingerprint density at radius 3 is 1.69 bits per heavy atom. The summed E-state index contributed by atoms with van der Waals surface area (Å²) in [6.07, 6.45) is -30.8. The standard InChI is InChI=1S/C20H37N3O27S4/c24-3-5-9(25)10(26)7(22-52(35,36)37)19(46-5)49-15-12(28)13(29)20(50-16(15)17(30)31)48-14-6(4-45-54(41,42)43)47-18(44-2-1-21-51(32,33)34)8(11(14)27)23-53(38,39)40/h5-16,18-29H,1-4H2,(H,30,31)(H,32,33,34)(H,35,36,37)(H,38,39,40)(H,41,42,43)/p-5/t5-,6-,7-,8-,9-,10-,11-,12-,13-,14-,15+,16+,18+,19-,20-/m1/s1. The lowest BCUT2D eigenvalue weighted by atomic mass is 9.95. The quantitative estimate of drug-likeness (QED) is 0.0351. The van der Waals surface area contributed by atoms with Gasteiger partial charge in [0, 0.05) is 6.54 Å². The van der Waals surface area contributed by atoms with Crippen molar-refractivity contribution in [2.24, 2.45) is 0 Å². The van der Waals surface area contributed by atoms with E-state index in [1.165, 1.54) is 14.2 Å². The van der Waals surface area contributed by atoms with Crippen molar-refractivity contribution >= 4 is 47.3 Å². The molecule has 0 unspecified atom stereocenters. The number of ether oxygens (including phenoxy) is 6. The highest BCUT2D eigenvalue weighted by molar-refractivity contribution is 7.84. The van der Waals surface area contributed by atoms with Gasteiger partial charge < -0.3 is 87.2 Å². The molecule has 0 spiro atoms. The van der Waals surface area contributed by atoms with Crippen LogP contribution in [0.1, 0.15) is 0 Å². The lowest BCUT2D eigenvalue weighted by Gasteiger charge is -2.49. The number of aliphatic hydroxyl groups excluding tert-OH is 6. The summed E-state index contributed by atoms with van der Waals surface area (Å²) >= 11 is 0. The van der Waals surface area contributed by atoms with Gasteiger partial charge in [-0.2, -0.15) is 0 Å². The second-order valence-electron chi connectivity index (χ2n) is 11.3. The molecule has 15 atom stereocenters. The number of hydrogen-bond donors (Lipinski definition) is 9. The molecular formula is C20H32N3O27S4-5. The molecule has 3 rings (SSSR count). The zero-order valence-corrected chi connectivity index (χ0v) is 29.6. The van der Waals surface area contributed by atoms with Crippen molar-refractivity contribution < 1.29 is 125 Å². The van der Waals surface area contributed by atoms with E-state index in [9.17, 15) is 92.4 Å². The van der Waals surface area contributed by atoms with Crippen molar-refractivity contribution in [2.75, 3.05) is 26.4 Å². The summed E-state index contributed by atoms with van der Waals surface area (Å²) in [7, 11) is -21.8. The number of carboxylic acids is 1. The Bertz CT molecular complexity index is 1710. The van der Waals surface area contributed by atoms with E-state index >= 15 is 0 Å². The number of carbonyl (C=O) groups excluding carboxylic acids is 1. The fourth-order valence-electron chi connectivity index (χ4n) is 5.24. The molecule has 9 N–H and O–H groups in total. The molecule has 3 aliphatic heterocycles. The van der Waals surface area contributed by atoms with E-state index in [0.717, 1.165) is 0 Å². The summed E-state index contributed by atoms with van der Waals surface area (Å²) < 4.78 is 174. The lowest BCUT2D eigenvalue weighted by molar-refractivity contribution is -0.381. The molecule has 3 fully saturated rings. The molecular weight excluding hydrogens is 842 g/mol. The summed E-state index contributed by atoms with van der Waals surface area (Å²) in [5, 5.41) is 75.0. The highest BCUT2D eigenvalue weighted by atomic mass is 32.3. The maximum Gasteiger partial charge on any atom is 0.217 e. The molecule has 34 heteroatoms. The van der Waals surface area contributed by atoms with Crippen LogP contribution in [-0.4, -0.2) is 207 Å². The third kappa shape index (κ3) is 13.3. The van der Waals surface area contributed by atoms with Crippen LogP contribution in [0.25, 0.3) is 0 Å². The third-order valence-corrected chi connectivity index (χ3v) is 9.62. The minimum absolute atomic E-state index is 0.835. The summed E-state index contributed by atoms with van der Waals surface area (Å²) in [5.74, 6) is -2.33. The van der Waals surface area contributed by atoms with Crippen LogP contribution >= 0.6 is 0 Å². The number of rotatable bonds is 18. The SMILES string of the molecule is O=C([O-])[C@H]1O[C@@H](O[C@H]2[C@H](O)[C@@H](NS(=O)(=O)[O-])[C@@H](OCCNS(=O)(=O)[O-])O[C@@H]2COS(=O)(=O)[O-])[C@H](O)[C@@H](O)[C@@H]1O[C@H]1O[C@H](CO)[C@@H](O)[C@H](O)[C@H]1NS(=O)(=O)[O-]. The van der Waals surface area contributed by atoms with Crippen molar-refractivity contribution in [3.8, 4) is 0 Å². The Kier molecular flexibility index (Phi) is 15.9. The predicted octanol–water partition coefficient (Wildman–Crippen LogP) is -12.1. The van der Waals surface area contributed by atoms with Crippen LogP contribution in [0.3, 0.4) is 0 Å². The second-order valence-corrected chi connectivity index (χ2v) is 15.8. The Morgan fingerprint density at radius 1 is 0.648 bits per heavy atom. The van der Waals surface area contributed by atoms with Gasteiger partial charge >= 0.3 is 0 Å². The maximum absolute atomic E-state index is 12.1. The number of aliphatic hydroxyl groups is 6. The average Bonchev–Trinajstić information content (AvgIpc) is 3.01. The van der Waals surface area contributed by atoms with Crippen molar-refractivity contribution in [2.45, 2.75) is 92.0 Å². The smallest absolute Gasteiger partial charge is 0.217 e. The topological polar surface area (TPSA) is 491 Å². The first-order valence-corrected chi connectivity index (χ1v) is 20.1. The van der Waals surface area contributed by atoms with E-state index in [1.807, 2.05) is 0 Å². The van der Waals surface area contributed by atoms with E-state index in [-0.39, 0.29) is 0 Å². The summed E-state index contributed by atoms with van der Waals surface area (Å²) in [6, 6.07) is -4.61. The number of hydrogen-bond acceptors (Lipinski definition) is 27. The van der Waals surface area contributed by atoms with Gasteiger partial charge in [-0.05, 0) is 0 Å². The van der Waals surface area contributed by atoms with Gasteiger partial charge in [0.15, 0.2) is 49.8 Å². The molecule has 3 saturated heterocycles. The molecule has 0 aromatic rings. The molecule has 0 bridgehead atoms. The first kappa shape index (κ1) is 46.8. The fourth-order valence-corrected chi connectivity index (χ4v) is 7.04. The van der Waals surface area contributed by atoms with Crippen molar-refractivity contribution in [3.63, 3.8) is 0 Å². The molecule has 0 amide bonds.